The smallest absolute Gasteiger partial charge is 0.421 e. The summed E-state index contributed by atoms with van der Waals surface area (Å²) in [6.07, 6.45) is -5.14. The van der Waals surface area contributed by atoms with Crippen molar-refractivity contribution >= 4 is 5.97 Å². The van der Waals surface area contributed by atoms with Crippen LogP contribution in [-0.4, -0.2) is 30.5 Å². The first kappa shape index (κ1) is 13.5. The monoisotopic (exact) mass is 277 g/mol. The van der Waals surface area contributed by atoms with Crippen molar-refractivity contribution in [2.75, 3.05) is 13.2 Å². The zero-order valence-electron chi connectivity index (χ0n) is 9.53. The fraction of sp³-hybridized carbons (Fsp3) is 0.364. The van der Waals surface area contributed by atoms with Crippen LogP contribution in [0.25, 0.3) is 0 Å². The molecule has 104 valence electrons. The van der Waals surface area contributed by atoms with E-state index in [4.69, 9.17) is 20.3 Å². The molecule has 1 aromatic rings. The Balaban J connectivity index is 2.52. The van der Waals surface area contributed by atoms with Gasteiger partial charge in [-0.3, -0.25) is 0 Å². The normalized spacial score (nSPS) is 17.7. The number of aliphatic carboxylic acids is 1. The molecule has 0 spiro atoms. The maximum atomic E-state index is 12.9. The summed E-state index contributed by atoms with van der Waals surface area (Å²) in [6, 6.07) is 3.12. The van der Waals surface area contributed by atoms with Crippen molar-refractivity contribution in [1.82, 2.24) is 0 Å². The molecule has 2 rings (SSSR count). The second kappa shape index (κ2) is 4.30. The number of halogens is 3. The lowest BCUT2D eigenvalue weighted by molar-refractivity contribution is -0.204. The van der Waals surface area contributed by atoms with Crippen LogP contribution in [0.2, 0.25) is 0 Å². The lowest BCUT2D eigenvalue weighted by atomic mass is 9.90. The zero-order valence-corrected chi connectivity index (χ0v) is 9.53. The van der Waals surface area contributed by atoms with Crippen molar-refractivity contribution < 1.29 is 32.5 Å². The fourth-order valence-electron chi connectivity index (χ4n) is 1.70. The van der Waals surface area contributed by atoms with Gasteiger partial charge in [-0.05, 0) is 17.7 Å². The van der Waals surface area contributed by atoms with Gasteiger partial charge in [0.25, 0.3) is 0 Å². The minimum absolute atomic E-state index is 0.0454. The standard InChI is InChI=1S/C11H10F3NO4/c12-11(13,14)10(15,9(16)17)6-1-2-7-8(5-6)19-4-3-18-7/h1-2,5H,3-4,15H2,(H,16,17). The third-order valence-electron chi connectivity index (χ3n) is 2.78. The number of hydrogen-bond acceptors (Lipinski definition) is 4. The summed E-state index contributed by atoms with van der Waals surface area (Å²) in [4.78, 5) is 10.9. The molecule has 0 aliphatic carbocycles. The molecule has 0 saturated heterocycles. The predicted molar refractivity (Wildman–Crippen MR) is 57.0 cm³/mol. The first-order valence-electron chi connectivity index (χ1n) is 5.26. The van der Waals surface area contributed by atoms with E-state index in [0.29, 0.717) is 0 Å². The van der Waals surface area contributed by atoms with Crippen molar-refractivity contribution in [1.29, 1.82) is 0 Å². The van der Waals surface area contributed by atoms with E-state index in [1.807, 2.05) is 0 Å². The van der Waals surface area contributed by atoms with Crippen LogP contribution in [0.4, 0.5) is 13.2 Å². The highest BCUT2D eigenvalue weighted by Gasteiger charge is 2.59. The second-order valence-electron chi connectivity index (χ2n) is 3.97. The van der Waals surface area contributed by atoms with Gasteiger partial charge >= 0.3 is 12.1 Å². The van der Waals surface area contributed by atoms with Crippen LogP contribution in [0.3, 0.4) is 0 Å². The molecule has 1 aromatic carbocycles. The van der Waals surface area contributed by atoms with Crippen LogP contribution in [0, 0.1) is 0 Å². The molecule has 5 nitrogen and oxygen atoms in total. The van der Waals surface area contributed by atoms with Gasteiger partial charge in [-0.1, -0.05) is 6.07 Å². The third-order valence-corrected chi connectivity index (χ3v) is 2.78. The number of fused-ring (bicyclic) bond motifs is 1. The molecule has 3 N–H and O–H groups in total. The summed E-state index contributed by atoms with van der Waals surface area (Å²) in [5, 5.41) is 8.81. The fourth-order valence-corrected chi connectivity index (χ4v) is 1.70. The maximum Gasteiger partial charge on any atom is 0.421 e. The number of nitrogens with two attached hydrogens (primary N) is 1. The van der Waals surface area contributed by atoms with Gasteiger partial charge in [0, 0.05) is 0 Å². The summed E-state index contributed by atoms with van der Waals surface area (Å²) >= 11 is 0. The average molecular weight is 277 g/mol. The molecule has 0 saturated carbocycles. The van der Waals surface area contributed by atoms with E-state index >= 15 is 0 Å². The van der Waals surface area contributed by atoms with Gasteiger partial charge in [0.2, 0.25) is 5.54 Å². The van der Waals surface area contributed by atoms with E-state index in [2.05, 4.69) is 0 Å². The van der Waals surface area contributed by atoms with Crippen molar-refractivity contribution in [2.24, 2.45) is 5.73 Å². The lowest BCUT2D eigenvalue weighted by Gasteiger charge is -2.29. The summed E-state index contributed by atoms with van der Waals surface area (Å²) in [7, 11) is 0. The van der Waals surface area contributed by atoms with Crippen LogP contribution in [-0.2, 0) is 10.3 Å². The molecule has 1 unspecified atom stereocenters. The van der Waals surface area contributed by atoms with Crippen LogP contribution in [0.15, 0.2) is 18.2 Å². The Hall–Kier alpha value is -1.96. The van der Waals surface area contributed by atoms with E-state index in [1.165, 1.54) is 6.07 Å². The van der Waals surface area contributed by atoms with E-state index in [0.717, 1.165) is 12.1 Å². The Bertz CT molecular complexity index is 517. The van der Waals surface area contributed by atoms with Crippen molar-refractivity contribution in [3.8, 4) is 11.5 Å². The van der Waals surface area contributed by atoms with Gasteiger partial charge in [-0.2, -0.15) is 13.2 Å². The van der Waals surface area contributed by atoms with E-state index in [-0.39, 0.29) is 24.7 Å². The van der Waals surface area contributed by atoms with Gasteiger partial charge in [0.15, 0.2) is 11.5 Å². The molecular weight excluding hydrogens is 267 g/mol. The molecular formula is C11H10F3NO4. The highest BCUT2D eigenvalue weighted by Crippen LogP contribution is 2.41. The SMILES string of the molecule is NC(C(=O)O)(c1ccc2c(c1)OCCO2)C(F)(F)F. The van der Waals surface area contributed by atoms with E-state index < -0.39 is 23.2 Å². The topological polar surface area (TPSA) is 81.8 Å². The second-order valence-corrected chi connectivity index (χ2v) is 3.97. The van der Waals surface area contributed by atoms with Crippen molar-refractivity contribution in [3.63, 3.8) is 0 Å². The number of hydrogen-bond donors (Lipinski definition) is 2. The Morgan fingerprint density at radius 3 is 2.32 bits per heavy atom. The Kier molecular flexibility index (Phi) is 3.05. The zero-order chi connectivity index (χ0) is 14.3. The summed E-state index contributed by atoms with van der Waals surface area (Å²) < 4.78 is 48.9. The van der Waals surface area contributed by atoms with Gasteiger partial charge in [-0.15, -0.1) is 0 Å². The Labute approximate surface area is 105 Å². The van der Waals surface area contributed by atoms with Crippen LogP contribution >= 0.6 is 0 Å². The maximum absolute atomic E-state index is 12.9. The summed E-state index contributed by atoms with van der Waals surface area (Å²) in [6.45, 7) is 0.450. The average Bonchev–Trinajstić information content (AvgIpc) is 2.35. The molecule has 1 heterocycles. The van der Waals surface area contributed by atoms with Crippen molar-refractivity contribution in [3.05, 3.63) is 23.8 Å². The van der Waals surface area contributed by atoms with Gasteiger partial charge in [-0.25, -0.2) is 4.79 Å². The minimum atomic E-state index is -5.14. The molecule has 8 heteroatoms. The number of carbonyl (C=O) groups is 1. The minimum Gasteiger partial charge on any atom is -0.486 e. The summed E-state index contributed by atoms with van der Waals surface area (Å²) in [5.74, 6) is -1.88. The highest BCUT2D eigenvalue weighted by atomic mass is 19.4. The molecule has 0 bridgehead atoms. The van der Waals surface area contributed by atoms with Crippen molar-refractivity contribution in [2.45, 2.75) is 11.7 Å². The molecule has 19 heavy (non-hydrogen) atoms. The molecule has 0 amide bonds. The largest absolute Gasteiger partial charge is 0.486 e. The molecule has 0 aromatic heterocycles. The molecule has 1 aliphatic rings. The number of rotatable bonds is 2. The van der Waals surface area contributed by atoms with Crippen LogP contribution < -0.4 is 15.2 Å². The number of carboxylic acids is 1. The number of alkyl halides is 3. The third kappa shape index (κ3) is 2.07. The van der Waals surface area contributed by atoms with Crippen LogP contribution in [0.5, 0.6) is 11.5 Å². The quantitative estimate of drug-likeness (QED) is 0.850. The number of benzene rings is 1. The van der Waals surface area contributed by atoms with E-state index in [9.17, 15) is 18.0 Å². The van der Waals surface area contributed by atoms with Crippen LogP contribution in [0.1, 0.15) is 5.56 Å². The number of carboxylic acid groups (broad SMARTS) is 1. The summed E-state index contributed by atoms with van der Waals surface area (Å²) in [5.41, 5.74) is 0.954. The molecule has 1 atom stereocenters. The van der Waals surface area contributed by atoms with E-state index in [1.54, 1.807) is 0 Å². The molecule has 0 radical (unpaired) electrons. The predicted octanol–water partition coefficient (Wildman–Crippen LogP) is 1.26. The first-order valence-corrected chi connectivity index (χ1v) is 5.26. The first-order chi connectivity index (χ1) is 8.76. The molecule has 0 fully saturated rings. The van der Waals surface area contributed by atoms with Gasteiger partial charge < -0.3 is 20.3 Å². The van der Waals surface area contributed by atoms with Gasteiger partial charge in [0.05, 0.1) is 0 Å². The Morgan fingerprint density at radius 1 is 1.21 bits per heavy atom. The lowest BCUT2D eigenvalue weighted by Crippen LogP contribution is -2.56. The Morgan fingerprint density at radius 2 is 1.79 bits per heavy atom. The number of ether oxygens (including phenoxy) is 2. The molecule has 1 aliphatic heterocycles. The highest BCUT2D eigenvalue weighted by molar-refractivity contribution is 5.82. The van der Waals surface area contributed by atoms with Gasteiger partial charge in [0.1, 0.15) is 13.2 Å².